The molecule has 1 atom stereocenters. The molecule has 0 unspecified atom stereocenters. The first-order chi connectivity index (χ1) is 9.66. The summed E-state index contributed by atoms with van der Waals surface area (Å²) in [6.45, 7) is 6.27. The van der Waals surface area contributed by atoms with Crippen LogP contribution >= 0.6 is 11.3 Å². The molecule has 116 valence electrons. The average molecular weight is 328 g/mol. The van der Waals surface area contributed by atoms with Gasteiger partial charge in [-0.2, -0.15) is 0 Å². The molecule has 1 amide bonds. The monoisotopic (exact) mass is 328 g/mol. The molecule has 1 N–H and O–H groups in total. The van der Waals surface area contributed by atoms with Crippen molar-refractivity contribution in [2.45, 2.75) is 38.6 Å². The Hall–Kier alpha value is -1.21. The maximum Gasteiger partial charge on any atom is 0.244 e. The molecule has 2 rings (SSSR count). The van der Waals surface area contributed by atoms with Gasteiger partial charge in [0.25, 0.3) is 0 Å². The largest absolute Gasteiger partial charge is 0.349 e. The summed E-state index contributed by atoms with van der Waals surface area (Å²) < 4.78 is 22.6. The molecule has 1 aliphatic rings. The van der Waals surface area contributed by atoms with Crippen molar-refractivity contribution in [3.63, 3.8) is 0 Å². The zero-order valence-corrected chi connectivity index (χ0v) is 14.1. The maximum absolute atomic E-state index is 11.8. The zero-order chi connectivity index (χ0) is 15.7. The number of carbonyl (C=O) groups excluding carboxylic acids is 1. The van der Waals surface area contributed by atoms with E-state index in [1.165, 1.54) is 6.08 Å². The van der Waals surface area contributed by atoms with Crippen LogP contribution in [0.5, 0.6) is 0 Å². The number of nitrogens with zero attached hydrogens (tertiary/aromatic N) is 1. The lowest BCUT2D eigenvalue weighted by Gasteiger charge is -2.13. The Morgan fingerprint density at radius 3 is 2.71 bits per heavy atom. The third-order valence-corrected chi connectivity index (χ3v) is 6.30. The van der Waals surface area contributed by atoms with E-state index in [0.717, 1.165) is 9.88 Å². The van der Waals surface area contributed by atoms with Gasteiger partial charge in [0.05, 0.1) is 16.5 Å². The number of thiazole rings is 1. The van der Waals surface area contributed by atoms with Crippen molar-refractivity contribution in [2.24, 2.45) is 0 Å². The minimum atomic E-state index is -2.97. The molecule has 1 aromatic heterocycles. The molecule has 5 nitrogen and oxygen atoms in total. The number of carbonyl (C=O) groups is 1. The lowest BCUT2D eigenvalue weighted by atomic mass is 9.98. The highest BCUT2D eigenvalue weighted by Crippen LogP contribution is 2.27. The number of hydrogen-bond acceptors (Lipinski definition) is 5. The summed E-state index contributed by atoms with van der Waals surface area (Å²) >= 11 is 1.55. The highest BCUT2D eigenvalue weighted by Gasteiger charge is 2.28. The molecule has 2 heterocycles. The lowest BCUT2D eigenvalue weighted by Crippen LogP contribution is -2.34. The highest BCUT2D eigenvalue weighted by molar-refractivity contribution is 7.91. The van der Waals surface area contributed by atoms with Gasteiger partial charge in [-0.05, 0) is 12.5 Å². The van der Waals surface area contributed by atoms with Crippen LogP contribution < -0.4 is 5.32 Å². The van der Waals surface area contributed by atoms with Crippen LogP contribution in [-0.2, 0) is 20.0 Å². The Bertz CT molecular complexity index is 654. The first-order valence-corrected chi connectivity index (χ1v) is 9.45. The smallest absolute Gasteiger partial charge is 0.244 e. The van der Waals surface area contributed by atoms with Gasteiger partial charge in [-0.15, -0.1) is 11.3 Å². The summed E-state index contributed by atoms with van der Waals surface area (Å²) in [7, 11) is -2.97. The second-order valence-corrected chi connectivity index (χ2v) is 9.55. The minimum Gasteiger partial charge on any atom is -0.349 e. The highest BCUT2D eigenvalue weighted by atomic mass is 32.2. The summed E-state index contributed by atoms with van der Waals surface area (Å²) in [5.74, 6) is -0.0601. The van der Waals surface area contributed by atoms with E-state index in [2.05, 4.69) is 31.1 Å². The maximum atomic E-state index is 11.8. The predicted octanol–water partition coefficient (Wildman–Crippen LogP) is 1.76. The van der Waals surface area contributed by atoms with Crippen molar-refractivity contribution in [3.05, 3.63) is 22.2 Å². The fraction of sp³-hybridized carbons (Fsp3) is 0.571. The van der Waals surface area contributed by atoms with Crippen molar-refractivity contribution in [1.82, 2.24) is 10.3 Å². The second-order valence-electron chi connectivity index (χ2n) is 6.26. The molecule has 1 aromatic rings. The first-order valence-electron chi connectivity index (χ1n) is 6.81. The van der Waals surface area contributed by atoms with Crippen LogP contribution in [-0.4, -0.2) is 36.9 Å². The molecule has 0 aromatic carbocycles. The molecule has 1 saturated heterocycles. The minimum absolute atomic E-state index is 0.00276. The molecular formula is C14H20N2O3S2. The molecule has 0 aliphatic carbocycles. The van der Waals surface area contributed by atoms with Crippen molar-refractivity contribution >= 4 is 33.2 Å². The fourth-order valence-electron chi connectivity index (χ4n) is 2.03. The van der Waals surface area contributed by atoms with Gasteiger partial charge in [0.2, 0.25) is 5.91 Å². The standard InChI is InChI=1S/C14H20N2O3S2/c1-14(2,3)13-15-8-11(20-13)4-5-12(17)16-10-6-7-21(18,19)9-10/h4-5,8,10H,6-7,9H2,1-3H3,(H,16,17)/b5-4-/t10-/m1/s1. The van der Waals surface area contributed by atoms with Crippen LogP contribution in [0.15, 0.2) is 12.3 Å². The number of rotatable bonds is 3. The number of aromatic nitrogens is 1. The summed E-state index contributed by atoms with van der Waals surface area (Å²) in [6, 6.07) is -0.265. The van der Waals surface area contributed by atoms with E-state index in [1.54, 1.807) is 23.6 Å². The SMILES string of the molecule is CC(C)(C)c1ncc(/C=C\C(=O)N[C@@H]2CCS(=O)(=O)C2)s1. The summed E-state index contributed by atoms with van der Waals surface area (Å²) in [6.07, 6.45) is 5.39. The molecular weight excluding hydrogens is 308 g/mol. The van der Waals surface area contributed by atoms with Crippen molar-refractivity contribution < 1.29 is 13.2 Å². The third-order valence-electron chi connectivity index (χ3n) is 3.14. The Labute approximate surface area is 129 Å². The molecule has 1 fully saturated rings. The third kappa shape index (κ3) is 4.64. The van der Waals surface area contributed by atoms with E-state index in [4.69, 9.17) is 0 Å². The normalized spacial score (nSPS) is 21.8. The first kappa shape index (κ1) is 16.2. The summed E-state index contributed by atoms with van der Waals surface area (Å²) in [5.41, 5.74) is -0.00276. The van der Waals surface area contributed by atoms with Crippen LogP contribution in [0.25, 0.3) is 6.08 Å². The fourth-order valence-corrected chi connectivity index (χ4v) is 4.58. The van der Waals surface area contributed by atoms with Crippen molar-refractivity contribution in [2.75, 3.05) is 11.5 Å². The summed E-state index contributed by atoms with van der Waals surface area (Å²) in [4.78, 5) is 17.0. The lowest BCUT2D eigenvalue weighted by molar-refractivity contribution is -0.116. The van der Waals surface area contributed by atoms with Gasteiger partial charge in [-0.3, -0.25) is 4.79 Å². The van der Waals surface area contributed by atoms with Crippen LogP contribution in [0.3, 0.4) is 0 Å². The summed E-state index contributed by atoms with van der Waals surface area (Å²) in [5, 5.41) is 3.74. The van der Waals surface area contributed by atoms with Crippen molar-refractivity contribution in [3.8, 4) is 0 Å². The van der Waals surface area contributed by atoms with E-state index in [1.807, 2.05) is 0 Å². The number of nitrogens with one attached hydrogen (secondary N) is 1. The Balaban J connectivity index is 1.92. The van der Waals surface area contributed by atoms with Gasteiger partial charge in [0.1, 0.15) is 0 Å². The second kappa shape index (κ2) is 5.88. The van der Waals surface area contributed by atoms with Gasteiger partial charge in [-0.1, -0.05) is 20.8 Å². The van der Waals surface area contributed by atoms with E-state index >= 15 is 0 Å². The van der Waals surface area contributed by atoms with Crippen LogP contribution in [0.1, 0.15) is 37.1 Å². The molecule has 0 saturated carbocycles. The molecule has 0 radical (unpaired) electrons. The van der Waals surface area contributed by atoms with Gasteiger partial charge in [0, 0.05) is 28.6 Å². The van der Waals surface area contributed by atoms with Gasteiger partial charge in [-0.25, -0.2) is 13.4 Å². The van der Waals surface area contributed by atoms with Gasteiger partial charge >= 0.3 is 0 Å². The molecule has 21 heavy (non-hydrogen) atoms. The van der Waals surface area contributed by atoms with E-state index in [0.29, 0.717) is 6.42 Å². The zero-order valence-electron chi connectivity index (χ0n) is 12.4. The van der Waals surface area contributed by atoms with Gasteiger partial charge < -0.3 is 5.32 Å². The molecule has 7 heteroatoms. The Morgan fingerprint density at radius 2 is 2.19 bits per heavy atom. The van der Waals surface area contributed by atoms with Crippen LogP contribution in [0.2, 0.25) is 0 Å². The quantitative estimate of drug-likeness (QED) is 0.858. The van der Waals surface area contributed by atoms with E-state index < -0.39 is 9.84 Å². The number of amides is 1. The van der Waals surface area contributed by atoms with Crippen LogP contribution in [0, 0.1) is 0 Å². The van der Waals surface area contributed by atoms with Crippen molar-refractivity contribution in [1.29, 1.82) is 0 Å². The van der Waals surface area contributed by atoms with E-state index in [-0.39, 0.29) is 28.9 Å². The topological polar surface area (TPSA) is 76.1 Å². The number of sulfone groups is 1. The Kier molecular flexibility index (Phi) is 4.53. The molecule has 0 spiro atoms. The van der Waals surface area contributed by atoms with E-state index in [9.17, 15) is 13.2 Å². The molecule has 1 aliphatic heterocycles. The van der Waals surface area contributed by atoms with Gasteiger partial charge in [0.15, 0.2) is 9.84 Å². The Morgan fingerprint density at radius 1 is 1.48 bits per heavy atom. The number of hydrogen-bond donors (Lipinski definition) is 1. The van der Waals surface area contributed by atoms with Crippen LogP contribution in [0.4, 0.5) is 0 Å². The molecule has 0 bridgehead atoms. The predicted molar refractivity (Wildman–Crippen MR) is 85.0 cm³/mol. The average Bonchev–Trinajstić information content (AvgIpc) is 2.93.